The third kappa shape index (κ3) is 4.66. The summed E-state index contributed by atoms with van der Waals surface area (Å²) in [5, 5.41) is 3.37. The van der Waals surface area contributed by atoms with Crippen LogP contribution in [0.3, 0.4) is 0 Å². The molecule has 0 unspecified atom stereocenters. The number of carbonyl (C=O) groups excluding carboxylic acids is 1. The van der Waals surface area contributed by atoms with Crippen LogP contribution in [0.4, 0.5) is 0 Å². The average molecular weight is 336 g/mol. The van der Waals surface area contributed by atoms with E-state index in [1.54, 1.807) is 0 Å². The summed E-state index contributed by atoms with van der Waals surface area (Å²) in [6, 6.07) is 1.49. The first-order chi connectivity index (χ1) is 9.92. The van der Waals surface area contributed by atoms with Gasteiger partial charge in [-0.3, -0.25) is 4.79 Å². The van der Waals surface area contributed by atoms with Crippen molar-refractivity contribution >= 4 is 29.1 Å². The van der Waals surface area contributed by atoms with E-state index in [4.69, 9.17) is 32.7 Å². The Labute approximate surface area is 135 Å². The number of carbonyl (C=O) groups is 1. The van der Waals surface area contributed by atoms with Crippen molar-refractivity contribution in [3.8, 4) is 11.5 Å². The van der Waals surface area contributed by atoms with Crippen molar-refractivity contribution in [2.45, 2.75) is 6.42 Å². The molecule has 1 aromatic rings. The molecule has 118 valence electrons. The van der Waals surface area contributed by atoms with Gasteiger partial charge < -0.3 is 19.7 Å². The number of quaternary nitrogens is 1. The van der Waals surface area contributed by atoms with E-state index in [1.165, 1.54) is 25.2 Å². The van der Waals surface area contributed by atoms with Crippen LogP contribution < -0.4 is 19.7 Å². The van der Waals surface area contributed by atoms with Crippen LogP contribution in [0.5, 0.6) is 11.5 Å². The average Bonchev–Trinajstić information content (AvgIpc) is 2.42. The minimum absolute atomic E-state index is 0.217. The van der Waals surface area contributed by atoms with E-state index in [-0.39, 0.29) is 33.0 Å². The molecule has 0 heterocycles. The summed E-state index contributed by atoms with van der Waals surface area (Å²) in [5.74, 6) is 0.198. The number of nitrogens with one attached hydrogen (secondary N) is 2. The lowest BCUT2D eigenvalue weighted by molar-refractivity contribution is -0.858. The maximum Gasteiger partial charge on any atom is 0.258 e. The van der Waals surface area contributed by atoms with Gasteiger partial charge in [0.05, 0.1) is 44.9 Å². The molecule has 0 aromatic heterocycles. The Bertz CT molecular complexity index is 479. The quantitative estimate of drug-likeness (QED) is 0.738. The fourth-order valence-electron chi connectivity index (χ4n) is 1.92. The number of amides is 1. The van der Waals surface area contributed by atoms with Gasteiger partial charge in [-0.15, -0.1) is 0 Å². The van der Waals surface area contributed by atoms with E-state index < -0.39 is 0 Å². The van der Waals surface area contributed by atoms with E-state index in [2.05, 4.69) is 19.4 Å². The van der Waals surface area contributed by atoms with Gasteiger partial charge in [0.1, 0.15) is 5.56 Å². The number of rotatable bonds is 7. The zero-order valence-electron chi connectivity index (χ0n) is 12.7. The van der Waals surface area contributed by atoms with Crippen molar-refractivity contribution < 1.29 is 19.2 Å². The van der Waals surface area contributed by atoms with Crippen LogP contribution in [0.25, 0.3) is 0 Å². The number of hydrogen-bond donors (Lipinski definition) is 2. The number of halogens is 2. The normalized spacial score (nSPS) is 10.6. The van der Waals surface area contributed by atoms with Crippen molar-refractivity contribution in [1.82, 2.24) is 5.32 Å². The van der Waals surface area contributed by atoms with Crippen LogP contribution in [-0.4, -0.2) is 47.3 Å². The lowest BCUT2D eigenvalue weighted by Crippen LogP contribution is -3.05. The molecule has 0 aliphatic heterocycles. The Balaban J connectivity index is 2.96. The minimum Gasteiger partial charge on any atom is -0.494 e. The Hall–Kier alpha value is -1.17. The SMILES string of the molecule is COc1c(Cl)cc(Cl)c(OC)c1C(=O)NCCC[NH+](C)C. The number of methoxy groups -OCH3 is 2. The maximum absolute atomic E-state index is 12.4. The highest BCUT2D eigenvalue weighted by Gasteiger charge is 2.24. The first kappa shape index (κ1) is 17.9. The Morgan fingerprint density at radius 3 is 2.14 bits per heavy atom. The third-order valence-electron chi connectivity index (χ3n) is 2.92. The summed E-state index contributed by atoms with van der Waals surface area (Å²) in [4.78, 5) is 13.7. The van der Waals surface area contributed by atoms with Crippen LogP contribution in [0.2, 0.25) is 10.0 Å². The summed E-state index contributed by atoms with van der Waals surface area (Å²) >= 11 is 12.1. The molecule has 7 heteroatoms. The predicted octanol–water partition coefficient (Wildman–Crippen LogP) is 1.27. The zero-order chi connectivity index (χ0) is 16.0. The van der Waals surface area contributed by atoms with Crippen molar-refractivity contribution in [3.63, 3.8) is 0 Å². The van der Waals surface area contributed by atoms with Gasteiger partial charge in [-0.05, 0) is 6.07 Å². The predicted molar refractivity (Wildman–Crippen MR) is 84.2 cm³/mol. The van der Waals surface area contributed by atoms with Crippen molar-refractivity contribution in [1.29, 1.82) is 0 Å². The molecule has 0 bridgehead atoms. The molecule has 0 atom stereocenters. The van der Waals surface area contributed by atoms with Gasteiger partial charge in [0.15, 0.2) is 11.5 Å². The molecule has 0 saturated heterocycles. The van der Waals surface area contributed by atoms with Gasteiger partial charge in [0, 0.05) is 13.0 Å². The second-order valence-electron chi connectivity index (χ2n) is 4.85. The first-order valence-electron chi connectivity index (χ1n) is 6.59. The van der Waals surface area contributed by atoms with Crippen LogP contribution >= 0.6 is 23.2 Å². The Kier molecular flexibility index (Phi) is 7.08. The maximum atomic E-state index is 12.4. The number of hydrogen-bond acceptors (Lipinski definition) is 3. The minimum atomic E-state index is -0.318. The highest BCUT2D eigenvalue weighted by Crippen LogP contribution is 2.40. The summed E-state index contributed by atoms with van der Waals surface area (Å²) in [5.41, 5.74) is 0.217. The molecule has 0 saturated carbocycles. The Morgan fingerprint density at radius 2 is 1.71 bits per heavy atom. The molecule has 2 N–H and O–H groups in total. The molecular weight excluding hydrogens is 315 g/mol. The molecule has 1 rings (SSSR count). The van der Waals surface area contributed by atoms with E-state index in [9.17, 15) is 4.79 Å². The lowest BCUT2D eigenvalue weighted by Gasteiger charge is -2.16. The van der Waals surface area contributed by atoms with Gasteiger partial charge in [0.25, 0.3) is 5.91 Å². The van der Waals surface area contributed by atoms with Crippen molar-refractivity contribution in [3.05, 3.63) is 21.7 Å². The van der Waals surface area contributed by atoms with Gasteiger partial charge in [-0.1, -0.05) is 23.2 Å². The summed E-state index contributed by atoms with van der Waals surface area (Å²) in [6.45, 7) is 1.52. The van der Waals surface area contributed by atoms with Crippen LogP contribution in [0.15, 0.2) is 6.07 Å². The number of ether oxygens (including phenoxy) is 2. The van der Waals surface area contributed by atoms with Crippen molar-refractivity contribution in [2.24, 2.45) is 0 Å². The topological polar surface area (TPSA) is 52.0 Å². The van der Waals surface area contributed by atoms with Crippen LogP contribution in [0.1, 0.15) is 16.8 Å². The second-order valence-corrected chi connectivity index (χ2v) is 5.66. The van der Waals surface area contributed by atoms with E-state index in [0.29, 0.717) is 6.54 Å². The molecule has 0 radical (unpaired) electrons. The Morgan fingerprint density at radius 1 is 1.19 bits per heavy atom. The molecule has 1 amide bonds. The van der Waals surface area contributed by atoms with E-state index in [0.717, 1.165) is 13.0 Å². The third-order valence-corrected chi connectivity index (χ3v) is 3.48. The highest BCUT2D eigenvalue weighted by atomic mass is 35.5. The van der Waals surface area contributed by atoms with Crippen molar-refractivity contribution in [2.75, 3.05) is 41.4 Å². The van der Waals surface area contributed by atoms with Gasteiger partial charge in [-0.25, -0.2) is 0 Å². The van der Waals surface area contributed by atoms with Gasteiger partial charge in [-0.2, -0.15) is 0 Å². The molecule has 0 aliphatic carbocycles. The fraction of sp³-hybridized carbons (Fsp3) is 0.500. The molecule has 1 aromatic carbocycles. The van der Waals surface area contributed by atoms with E-state index in [1.807, 2.05) is 0 Å². The summed E-state index contributed by atoms with van der Waals surface area (Å²) in [6.07, 6.45) is 0.868. The monoisotopic (exact) mass is 335 g/mol. The fourth-order valence-corrected chi connectivity index (χ4v) is 2.54. The molecule has 5 nitrogen and oxygen atoms in total. The lowest BCUT2D eigenvalue weighted by atomic mass is 10.1. The summed E-state index contributed by atoms with van der Waals surface area (Å²) in [7, 11) is 7.01. The zero-order valence-corrected chi connectivity index (χ0v) is 14.2. The molecule has 21 heavy (non-hydrogen) atoms. The molecule has 0 fully saturated rings. The highest BCUT2D eigenvalue weighted by molar-refractivity contribution is 6.37. The standard InChI is InChI=1S/C14H20Cl2N2O3/c1-18(2)7-5-6-17-14(19)11-12(20-3)9(15)8-10(16)13(11)21-4/h8H,5-7H2,1-4H3,(H,17,19)/p+1. The molecular formula is C14H21Cl2N2O3+. The van der Waals surface area contributed by atoms with Gasteiger partial charge in [0.2, 0.25) is 0 Å². The smallest absolute Gasteiger partial charge is 0.258 e. The van der Waals surface area contributed by atoms with Gasteiger partial charge >= 0.3 is 0 Å². The molecule has 0 aliphatic rings. The summed E-state index contributed by atoms with van der Waals surface area (Å²) < 4.78 is 10.4. The second kappa shape index (κ2) is 8.32. The number of benzene rings is 1. The molecule has 0 spiro atoms. The first-order valence-corrected chi connectivity index (χ1v) is 7.35. The van der Waals surface area contributed by atoms with Crippen LogP contribution in [0, 0.1) is 0 Å². The van der Waals surface area contributed by atoms with Crippen LogP contribution in [-0.2, 0) is 0 Å². The largest absolute Gasteiger partial charge is 0.494 e. The van der Waals surface area contributed by atoms with E-state index >= 15 is 0 Å².